The molecule has 0 radical (unpaired) electrons. The SMILES string of the molecule is Cn1c(-c2ccccc2)c(C(=O)CN2CCN(C(=O)C(=O)N3CCOCC3)CC2)c2ccccc21. The minimum absolute atomic E-state index is 0.0600. The minimum atomic E-state index is -0.460. The standard InChI is InChI=1S/C27H30N4O4/c1-28-22-10-6-5-9-21(22)24(25(28)20-7-3-2-4-8-20)23(32)19-29-11-13-30(14-12-29)26(33)27(34)31-15-17-35-18-16-31/h2-10H,11-19H2,1H3. The molecule has 5 rings (SSSR count). The predicted octanol–water partition coefficient (Wildman–Crippen LogP) is 2.03. The Labute approximate surface area is 204 Å². The maximum atomic E-state index is 13.7. The third-order valence-corrected chi connectivity index (χ3v) is 6.94. The van der Waals surface area contributed by atoms with Crippen LogP contribution >= 0.6 is 0 Å². The highest BCUT2D eigenvalue weighted by molar-refractivity contribution is 6.35. The maximum absolute atomic E-state index is 13.7. The summed E-state index contributed by atoms with van der Waals surface area (Å²) in [7, 11) is 2.00. The third-order valence-electron chi connectivity index (χ3n) is 6.94. The molecule has 2 aromatic carbocycles. The zero-order chi connectivity index (χ0) is 24.4. The van der Waals surface area contributed by atoms with Crippen LogP contribution in [0, 0.1) is 0 Å². The number of ketones is 1. The first-order valence-corrected chi connectivity index (χ1v) is 12.1. The molecule has 2 fully saturated rings. The Kier molecular flexibility index (Phi) is 6.66. The fraction of sp³-hybridized carbons (Fsp3) is 0.370. The summed E-state index contributed by atoms with van der Waals surface area (Å²) >= 11 is 0. The molecule has 0 atom stereocenters. The smallest absolute Gasteiger partial charge is 0.312 e. The van der Waals surface area contributed by atoms with Crippen LogP contribution in [-0.4, -0.2) is 95.9 Å². The molecule has 0 spiro atoms. The number of aryl methyl sites for hydroxylation is 1. The molecule has 8 nitrogen and oxygen atoms in total. The Balaban J connectivity index is 1.29. The fourth-order valence-electron chi connectivity index (χ4n) is 5.04. The number of para-hydroxylation sites is 1. The largest absolute Gasteiger partial charge is 0.378 e. The molecule has 0 N–H and O–H groups in total. The van der Waals surface area contributed by atoms with Crippen LogP contribution < -0.4 is 0 Å². The van der Waals surface area contributed by atoms with Crippen LogP contribution in [0.2, 0.25) is 0 Å². The lowest BCUT2D eigenvalue weighted by molar-refractivity contribution is -0.155. The molecule has 3 aromatic rings. The van der Waals surface area contributed by atoms with Gasteiger partial charge < -0.3 is 19.1 Å². The summed E-state index contributed by atoms with van der Waals surface area (Å²) in [4.78, 5) is 44.1. The van der Waals surface area contributed by atoms with E-state index in [0.717, 1.165) is 27.7 Å². The van der Waals surface area contributed by atoms with Gasteiger partial charge >= 0.3 is 11.8 Å². The number of nitrogens with zero attached hydrogens (tertiary/aromatic N) is 4. The van der Waals surface area contributed by atoms with E-state index < -0.39 is 11.8 Å². The number of fused-ring (bicyclic) bond motifs is 1. The Morgan fingerprint density at radius 3 is 2.06 bits per heavy atom. The number of hydrogen-bond donors (Lipinski definition) is 0. The summed E-state index contributed by atoms with van der Waals surface area (Å²) in [5.74, 6) is -0.857. The van der Waals surface area contributed by atoms with Crippen molar-refractivity contribution in [1.29, 1.82) is 0 Å². The Morgan fingerprint density at radius 2 is 1.37 bits per heavy atom. The summed E-state index contributed by atoms with van der Waals surface area (Å²) in [6, 6.07) is 18.0. The second-order valence-corrected chi connectivity index (χ2v) is 9.06. The van der Waals surface area contributed by atoms with Gasteiger partial charge in [-0.3, -0.25) is 19.3 Å². The summed E-state index contributed by atoms with van der Waals surface area (Å²) in [6.07, 6.45) is 0. The number of carbonyl (C=O) groups is 3. The number of rotatable bonds is 4. The highest BCUT2D eigenvalue weighted by Crippen LogP contribution is 2.33. The molecule has 182 valence electrons. The van der Waals surface area contributed by atoms with Gasteiger partial charge in [-0.05, 0) is 11.6 Å². The van der Waals surface area contributed by atoms with Crippen LogP contribution in [0.4, 0.5) is 0 Å². The highest BCUT2D eigenvalue weighted by Gasteiger charge is 2.31. The van der Waals surface area contributed by atoms with Gasteiger partial charge in [0.1, 0.15) is 0 Å². The number of amides is 2. The average Bonchev–Trinajstić information content (AvgIpc) is 3.22. The lowest BCUT2D eigenvalue weighted by Crippen LogP contribution is -2.55. The molecule has 0 aliphatic carbocycles. The number of ether oxygens (including phenoxy) is 1. The van der Waals surface area contributed by atoms with Crippen LogP contribution in [-0.2, 0) is 21.4 Å². The van der Waals surface area contributed by atoms with Crippen molar-refractivity contribution in [1.82, 2.24) is 19.3 Å². The van der Waals surface area contributed by atoms with E-state index in [-0.39, 0.29) is 12.3 Å². The van der Waals surface area contributed by atoms with Gasteiger partial charge in [0.15, 0.2) is 5.78 Å². The van der Waals surface area contributed by atoms with Crippen molar-refractivity contribution in [3.63, 3.8) is 0 Å². The molecular formula is C27H30N4O4. The number of hydrogen-bond acceptors (Lipinski definition) is 5. The third kappa shape index (κ3) is 4.59. The van der Waals surface area contributed by atoms with Crippen molar-refractivity contribution >= 4 is 28.5 Å². The van der Waals surface area contributed by atoms with E-state index >= 15 is 0 Å². The zero-order valence-corrected chi connectivity index (χ0v) is 20.0. The summed E-state index contributed by atoms with van der Waals surface area (Å²) in [5, 5.41) is 0.948. The molecule has 2 aliphatic heterocycles. The number of Topliss-reactive ketones (excluding diaryl/α,β-unsaturated/α-hetero) is 1. The van der Waals surface area contributed by atoms with Crippen molar-refractivity contribution in [2.75, 3.05) is 59.0 Å². The zero-order valence-electron chi connectivity index (χ0n) is 20.0. The summed E-state index contributed by atoms with van der Waals surface area (Å²) in [5.41, 5.74) is 3.68. The molecule has 2 saturated heterocycles. The van der Waals surface area contributed by atoms with Gasteiger partial charge in [-0.1, -0.05) is 48.5 Å². The molecule has 3 heterocycles. The summed E-state index contributed by atoms with van der Waals surface area (Å²) in [6.45, 7) is 4.09. The number of benzene rings is 2. The van der Waals surface area contributed by atoms with Crippen LogP contribution in [0.3, 0.4) is 0 Å². The van der Waals surface area contributed by atoms with Crippen molar-refractivity contribution < 1.29 is 19.1 Å². The molecule has 0 saturated carbocycles. The van der Waals surface area contributed by atoms with E-state index in [2.05, 4.69) is 9.47 Å². The first kappa shape index (κ1) is 23.3. The van der Waals surface area contributed by atoms with Crippen LogP contribution in [0.15, 0.2) is 54.6 Å². The van der Waals surface area contributed by atoms with Gasteiger partial charge in [0.2, 0.25) is 0 Å². The van der Waals surface area contributed by atoms with E-state index in [9.17, 15) is 14.4 Å². The molecular weight excluding hydrogens is 444 g/mol. The average molecular weight is 475 g/mol. The van der Waals surface area contributed by atoms with Gasteiger partial charge in [-0.15, -0.1) is 0 Å². The van der Waals surface area contributed by atoms with Gasteiger partial charge in [0.05, 0.1) is 31.0 Å². The number of morpholine rings is 1. The molecule has 35 heavy (non-hydrogen) atoms. The second kappa shape index (κ2) is 10.0. The first-order chi connectivity index (χ1) is 17.0. The molecule has 0 unspecified atom stereocenters. The number of piperazine rings is 1. The van der Waals surface area contributed by atoms with E-state index in [1.165, 1.54) is 0 Å². The molecule has 8 heteroatoms. The number of aromatic nitrogens is 1. The van der Waals surface area contributed by atoms with Crippen LogP contribution in [0.5, 0.6) is 0 Å². The van der Waals surface area contributed by atoms with Gasteiger partial charge in [-0.2, -0.15) is 0 Å². The topological polar surface area (TPSA) is 75.1 Å². The molecule has 0 bridgehead atoms. The Morgan fingerprint density at radius 1 is 0.771 bits per heavy atom. The van der Waals surface area contributed by atoms with E-state index in [0.29, 0.717) is 52.5 Å². The first-order valence-electron chi connectivity index (χ1n) is 12.1. The van der Waals surface area contributed by atoms with E-state index in [4.69, 9.17) is 4.74 Å². The van der Waals surface area contributed by atoms with Gasteiger partial charge in [-0.25, -0.2) is 0 Å². The second-order valence-electron chi connectivity index (χ2n) is 9.06. The lowest BCUT2D eigenvalue weighted by Gasteiger charge is -2.35. The van der Waals surface area contributed by atoms with E-state index in [1.807, 2.05) is 61.6 Å². The van der Waals surface area contributed by atoms with Crippen molar-refractivity contribution in [2.24, 2.45) is 7.05 Å². The van der Waals surface area contributed by atoms with Crippen molar-refractivity contribution in [3.05, 3.63) is 60.2 Å². The monoisotopic (exact) mass is 474 g/mol. The highest BCUT2D eigenvalue weighted by atomic mass is 16.5. The Hall–Kier alpha value is -3.49. The molecule has 2 amide bonds. The molecule has 1 aromatic heterocycles. The lowest BCUT2D eigenvalue weighted by atomic mass is 10.0. The quantitative estimate of drug-likeness (QED) is 0.427. The fourth-order valence-corrected chi connectivity index (χ4v) is 5.04. The van der Waals surface area contributed by atoms with Crippen molar-refractivity contribution in [2.45, 2.75) is 0 Å². The maximum Gasteiger partial charge on any atom is 0.312 e. The summed E-state index contributed by atoms with van der Waals surface area (Å²) < 4.78 is 7.36. The Bertz CT molecular complexity index is 1240. The van der Waals surface area contributed by atoms with Gasteiger partial charge in [0, 0.05) is 57.2 Å². The van der Waals surface area contributed by atoms with Gasteiger partial charge in [0.25, 0.3) is 0 Å². The minimum Gasteiger partial charge on any atom is -0.378 e. The number of carbonyl (C=O) groups excluding carboxylic acids is 3. The molecule has 2 aliphatic rings. The van der Waals surface area contributed by atoms with Crippen LogP contribution in [0.1, 0.15) is 10.4 Å². The van der Waals surface area contributed by atoms with Crippen molar-refractivity contribution in [3.8, 4) is 11.3 Å². The van der Waals surface area contributed by atoms with E-state index in [1.54, 1.807) is 9.80 Å². The normalized spacial score (nSPS) is 17.1. The van der Waals surface area contributed by atoms with Crippen LogP contribution in [0.25, 0.3) is 22.2 Å². The predicted molar refractivity (Wildman–Crippen MR) is 133 cm³/mol.